The molecule has 1 aliphatic rings. The zero-order valence-electron chi connectivity index (χ0n) is 20.1. The van der Waals surface area contributed by atoms with E-state index in [0.717, 1.165) is 17.5 Å². The van der Waals surface area contributed by atoms with Crippen molar-refractivity contribution in [1.82, 2.24) is 9.47 Å². The average Bonchev–Trinajstić information content (AvgIpc) is 3.34. The number of aryl methyl sites for hydroxylation is 2. The summed E-state index contributed by atoms with van der Waals surface area (Å²) in [4.78, 5) is 15.8. The van der Waals surface area contributed by atoms with Gasteiger partial charge in [0.25, 0.3) is 5.91 Å². The van der Waals surface area contributed by atoms with E-state index < -0.39 is 0 Å². The summed E-state index contributed by atoms with van der Waals surface area (Å²) in [7, 11) is 2.14. The van der Waals surface area contributed by atoms with Crippen LogP contribution in [0.5, 0.6) is 0 Å². The van der Waals surface area contributed by atoms with E-state index in [-0.39, 0.29) is 11.9 Å². The van der Waals surface area contributed by atoms with Gasteiger partial charge in [-0.15, -0.1) is 0 Å². The van der Waals surface area contributed by atoms with Gasteiger partial charge in [-0.1, -0.05) is 96.6 Å². The van der Waals surface area contributed by atoms with Crippen molar-refractivity contribution in [3.63, 3.8) is 0 Å². The lowest BCUT2D eigenvalue weighted by Gasteiger charge is -2.27. The van der Waals surface area contributed by atoms with Crippen LogP contribution in [0.4, 0.5) is 0 Å². The first-order valence-corrected chi connectivity index (χ1v) is 12.2. The molecular weight excluding hydrogens is 428 g/mol. The second-order valence-electron chi connectivity index (χ2n) is 9.43. The van der Waals surface area contributed by atoms with Gasteiger partial charge in [0.1, 0.15) is 0 Å². The van der Waals surface area contributed by atoms with Crippen molar-refractivity contribution < 1.29 is 4.79 Å². The van der Waals surface area contributed by atoms with Crippen molar-refractivity contribution in [3.8, 4) is 11.3 Å². The Kier molecular flexibility index (Phi) is 5.26. The van der Waals surface area contributed by atoms with Crippen LogP contribution >= 0.6 is 0 Å². The molecule has 2 heterocycles. The smallest absolute Gasteiger partial charge is 0.255 e. The van der Waals surface area contributed by atoms with Gasteiger partial charge in [-0.3, -0.25) is 4.79 Å². The molecule has 0 N–H and O–H groups in total. The monoisotopic (exact) mass is 456 g/mol. The number of nitrogens with zero attached hydrogens (tertiary/aromatic N) is 2. The molecule has 35 heavy (non-hydrogen) atoms. The van der Waals surface area contributed by atoms with E-state index in [1.54, 1.807) is 0 Å². The van der Waals surface area contributed by atoms with E-state index in [1.165, 1.54) is 38.9 Å². The fraction of sp³-hybridized carbons (Fsp3) is 0.156. The molecule has 3 heteroatoms. The first-order chi connectivity index (χ1) is 17.1. The van der Waals surface area contributed by atoms with E-state index in [9.17, 15) is 4.79 Å². The Hall–Kier alpha value is -4.11. The van der Waals surface area contributed by atoms with Crippen molar-refractivity contribution in [1.29, 1.82) is 0 Å². The van der Waals surface area contributed by atoms with Gasteiger partial charge >= 0.3 is 0 Å². The number of carbonyl (C=O) groups excluding carboxylic acids is 1. The van der Waals surface area contributed by atoms with Gasteiger partial charge in [-0.25, -0.2) is 0 Å². The van der Waals surface area contributed by atoms with Crippen LogP contribution in [0.25, 0.3) is 22.2 Å². The highest BCUT2D eigenvalue weighted by Crippen LogP contribution is 2.46. The summed E-state index contributed by atoms with van der Waals surface area (Å²) in [5, 5.41) is 1.20. The first-order valence-electron chi connectivity index (χ1n) is 12.2. The Morgan fingerprint density at radius 3 is 2.26 bits per heavy atom. The molecule has 1 unspecified atom stereocenters. The highest BCUT2D eigenvalue weighted by molar-refractivity contribution is 6.02. The molecule has 4 aromatic carbocycles. The Bertz CT molecular complexity index is 1530. The summed E-state index contributed by atoms with van der Waals surface area (Å²) in [5.41, 5.74) is 9.11. The van der Waals surface area contributed by atoms with Gasteiger partial charge in [0, 0.05) is 35.6 Å². The summed E-state index contributed by atoms with van der Waals surface area (Å²) in [5.74, 6) is 0.115. The van der Waals surface area contributed by atoms with Crippen molar-refractivity contribution in [3.05, 3.63) is 131 Å². The maximum atomic E-state index is 13.8. The maximum absolute atomic E-state index is 13.8. The van der Waals surface area contributed by atoms with Crippen LogP contribution in [0.1, 0.15) is 38.7 Å². The molecule has 0 bridgehead atoms. The molecule has 1 aliphatic heterocycles. The van der Waals surface area contributed by atoms with E-state index in [1.807, 2.05) is 18.2 Å². The standard InChI is InChI=1S/C32H28N2O/c1-22-16-18-24(19-17-22)30-29(27-14-8-9-15-28(27)33(30)2)31-25-12-6-7-13-26(25)32(35)34(31)21-20-23-10-4-3-5-11-23/h3-19,31H,20-21H2,1-2H3. The molecule has 0 spiro atoms. The number of fused-ring (bicyclic) bond motifs is 2. The van der Waals surface area contributed by atoms with E-state index >= 15 is 0 Å². The fourth-order valence-corrected chi connectivity index (χ4v) is 5.57. The van der Waals surface area contributed by atoms with Gasteiger partial charge < -0.3 is 9.47 Å². The third kappa shape index (κ3) is 3.55. The average molecular weight is 457 g/mol. The minimum absolute atomic E-state index is 0.115. The summed E-state index contributed by atoms with van der Waals surface area (Å²) in [6, 6.07) is 35.7. The van der Waals surface area contributed by atoms with Crippen LogP contribution in [0.15, 0.2) is 103 Å². The molecule has 1 amide bonds. The Balaban J connectivity index is 1.56. The Morgan fingerprint density at radius 1 is 0.771 bits per heavy atom. The highest BCUT2D eigenvalue weighted by Gasteiger charge is 2.40. The molecule has 0 radical (unpaired) electrons. The topological polar surface area (TPSA) is 25.2 Å². The van der Waals surface area contributed by atoms with E-state index in [2.05, 4.69) is 108 Å². The second kappa shape index (κ2) is 8.59. The highest BCUT2D eigenvalue weighted by atomic mass is 16.2. The lowest BCUT2D eigenvalue weighted by molar-refractivity contribution is 0.0753. The molecule has 1 aromatic heterocycles. The Labute approximate surface area is 206 Å². The molecule has 6 rings (SSSR count). The van der Waals surface area contributed by atoms with Crippen LogP contribution in [0, 0.1) is 6.92 Å². The first kappa shape index (κ1) is 21.4. The van der Waals surface area contributed by atoms with Crippen molar-refractivity contribution in [2.45, 2.75) is 19.4 Å². The minimum Gasteiger partial charge on any atom is -0.343 e. The molecule has 3 nitrogen and oxygen atoms in total. The quantitative estimate of drug-likeness (QED) is 0.281. The van der Waals surface area contributed by atoms with Crippen LogP contribution < -0.4 is 0 Å². The third-order valence-corrected chi connectivity index (χ3v) is 7.29. The number of amides is 1. The van der Waals surface area contributed by atoms with Gasteiger partial charge in [0.15, 0.2) is 0 Å². The number of hydrogen-bond donors (Lipinski definition) is 0. The van der Waals surface area contributed by atoms with Crippen LogP contribution in [-0.4, -0.2) is 21.9 Å². The summed E-state index contributed by atoms with van der Waals surface area (Å²) >= 11 is 0. The lowest BCUT2D eigenvalue weighted by atomic mass is 9.93. The number of benzene rings is 4. The van der Waals surface area contributed by atoms with Crippen LogP contribution in [0.3, 0.4) is 0 Å². The number of para-hydroxylation sites is 1. The SMILES string of the molecule is Cc1ccc(-c2c(C3c4ccccc4C(=O)N3CCc3ccccc3)c3ccccc3n2C)cc1. The van der Waals surface area contributed by atoms with Gasteiger partial charge in [-0.05, 0) is 42.2 Å². The van der Waals surface area contributed by atoms with E-state index in [4.69, 9.17) is 0 Å². The Morgan fingerprint density at radius 2 is 1.46 bits per heavy atom. The van der Waals surface area contributed by atoms with Crippen LogP contribution in [0.2, 0.25) is 0 Å². The molecule has 0 aliphatic carbocycles. The van der Waals surface area contributed by atoms with Gasteiger partial charge in [0.05, 0.1) is 11.7 Å². The van der Waals surface area contributed by atoms with E-state index in [0.29, 0.717) is 6.54 Å². The molecular formula is C32H28N2O. The summed E-state index contributed by atoms with van der Waals surface area (Å²) in [6.07, 6.45) is 0.821. The fourth-order valence-electron chi connectivity index (χ4n) is 5.57. The molecule has 0 fully saturated rings. The molecule has 0 saturated carbocycles. The molecule has 1 atom stereocenters. The normalized spacial score (nSPS) is 15.1. The largest absolute Gasteiger partial charge is 0.343 e. The van der Waals surface area contributed by atoms with Crippen molar-refractivity contribution in [2.75, 3.05) is 6.54 Å². The zero-order chi connectivity index (χ0) is 23.9. The number of aromatic nitrogens is 1. The second-order valence-corrected chi connectivity index (χ2v) is 9.43. The maximum Gasteiger partial charge on any atom is 0.255 e. The number of rotatable bonds is 5. The van der Waals surface area contributed by atoms with Crippen molar-refractivity contribution in [2.24, 2.45) is 7.05 Å². The molecule has 0 saturated heterocycles. The number of carbonyl (C=O) groups is 1. The van der Waals surface area contributed by atoms with Crippen molar-refractivity contribution >= 4 is 16.8 Å². The van der Waals surface area contributed by atoms with Gasteiger partial charge in [0.2, 0.25) is 0 Å². The third-order valence-electron chi connectivity index (χ3n) is 7.29. The van der Waals surface area contributed by atoms with Crippen LogP contribution in [-0.2, 0) is 13.5 Å². The summed E-state index contributed by atoms with van der Waals surface area (Å²) < 4.78 is 2.29. The lowest BCUT2D eigenvalue weighted by Crippen LogP contribution is -2.31. The predicted molar refractivity (Wildman–Crippen MR) is 143 cm³/mol. The molecule has 5 aromatic rings. The minimum atomic E-state index is -0.134. The zero-order valence-corrected chi connectivity index (χ0v) is 20.1. The summed E-state index contributed by atoms with van der Waals surface area (Å²) in [6.45, 7) is 2.78. The molecule has 172 valence electrons. The number of hydrogen-bond acceptors (Lipinski definition) is 1. The van der Waals surface area contributed by atoms with Gasteiger partial charge in [-0.2, -0.15) is 0 Å². The predicted octanol–water partition coefficient (Wildman–Crippen LogP) is 6.94.